The minimum Gasteiger partial charge on any atom is -0.380 e. The van der Waals surface area contributed by atoms with E-state index in [2.05, 4.69) is 27.1 Å². The van der Waals surface area contributed by atoms with Crippen molar-refractivity contribution >= 4 is 22.7 Å². The molecule has 0 spiro atoms. The van der Waals surface area contributed by atoms with Crippen LogP contribution in [0.5, 0.6) is 0 Å². The predicted molar refractivity (Wildman–Crippen MR) is 104 cm³/mol. The average Bonchev–Trinajstić information content (AvgIpc) is 3.16. The lowest BCUT2D eigenvalue weighted by Gasteiger charge is -2.27. The topological polar surface area (TPSA) is 77.2 Å². The van der Waals surface area contributed by atoms with Gasteiger partial charge in [-0.05, 0) is 44.5 Å². The largest absolute Gasteiger partial charge is 0.380 e. The van der Waals surface area contributed by atoms with Crippen molar-refractivity contribution < 1.29 is 0 Å². The molecule has 1 aliphatic rings. The maximum absolute atomic E-state index is 9.80. The fraction of sp³-hybridized carbons (Fsp3) is 0.300. The lowest BCUT2D eigenvalue weighted by Crippen LogP contribution is -2.38. The highest BCUT2D eigenvalue weighted by atomic mass is 15.3. The summed E-state index contributed by atoms with van der Waals surface area (Å²) in [6, 6.07) is 14.6. The molecule has 1 aromatic carbocycles. The van der Waals surface area contributed by atoms with Gasteiger partial charge in [0.1, 0.15) is 17.5 Å². The number of para-hydroxylation sites is 1. The van der Waals surface area contributed by atoms with Gasteiger partial charge < -0.3 is 16.0 Å². The Morgan fingerprint density at radius 1 is 1.27 bits per heavy atom. The monoisotopic (exact) mass is 346 g/mol. The Balaban J connectivity index is 1.82. The molecule has 132 valence electrons. The average molecular weight is 346 g/mol. The van der Waals surface area contributed by atoms with Gasteiger partial charge in [-0.3, -0.25) is 0 Å². The van der Waals surface area contributed by atoms with Gasteiger partial charge in [-0.15, -0.1) is 0 Å². The van der Waals surface area contributed by atoms with E-state index in [1.54, 1.807) is 6.20 Å². The van der Waals surface area contributed by atoms with Gasteiger partial charge in [0, 0.05) is 23.8 Å². The van der Waals surface area contributed by atoms with E-state index in [-0.39, 0.29) is 0 Å². The smallest absolute Gasteiger partial charge is 0.137 e. The molecule has 6 heteroatoms. The van der Waals surface area contributed by atoms with E-state index >= 15 is 0 Å². The van der Waals surface area contributed by atoms with Gasteiger partial charge in [0.2, 0.25) is 0 Å². The first-order chi connectivity index (χ1) is 12.8. The Morgan fingerprint density at radius 2 is 2.12 bits per heavy atom. The van der Waals surface area contributed by atoms with Crippen LogP contribution in [0.25, 0.3) is 5.52 Å². The highest BCUT2D eigenvalue weighted by Gasteiger charge is 2.21. The second-order valence-electron chi connectivity index (χ2n) is 6.64. The molecular weight excluding hydrogens is 324 g/mol. The Hall–Kier alpha value is -3.04. The highest BCUT2D eigenvalue weighted by Crippen LogP contribution is 2.33. The number of anilines is 3. The van der Waals surface area contributed by atoms with E-state index in [0.29, 0.717) is 11.6 Å². The number of nitriles is 1. The van der Waals surface area contributed by atoms with Crippen molar-refractivity contribution in [2.75, 3.05) is 23.7 Å². The molecule has 0 unspecified atom stereocenters. The molecule has 0 bridgehead atoms. The van der Waals surface area contributed by atoms with Crippen LogP contribution in [-0.2, 0) is 0 Å². The van der Waals surface area contributed by atoms with E-state index in [1.807, 2.05) is 47.8 Å². The molecule has 1 fully saturated rings. The fourth-order valence-electron chi connectivity index (χ4n) is 3.54. The summed E-state index contributed by atoms with van der Waals surface area (Å²) < 4.78 is 1.81. The normalized spacial score (nSPS) is 17.0. The van der Waals surface area contributed by atoms with Crippen LogP contribution in [-0.4, -0.2) is 28.7 Å². The van der Waals surface area contributed by atoms with Crippen LogP contribution in [0.3, 0.4) is 0 Å². The summed E-state index contributed by atoms with van der Waals surface area (Å²) in [5.74, 6) is 0.876. The Kier molecular flexibility index (Phi) is 4.46. The number of hydrogen-bond acceptors (Lipinski definition) is 5. The summed E-state index contributed by atoms with van der Waals surface area (Å²) >= 11 is 0. The van der Waals surface area contributed by atoms with Gasteiger partial charge in [0.15, 0.2) is 0 Å². The summed E-state index contributed by atoms with van der Waals surface area (Å²) in [4.78, 5) is 0. The van der Waals surface area contributed by atoms with Gasteiger partial charge in [-0.2, -0.15) is 10.4 Å². The Bertz CT molecular complexity index is 948. The molecule has 2 aromatic heterocycles. The zero-order valence-corrected chi connectivity index (χ0v) is 14.8. The third-order valence-electron chi connectivity index (χ3n) is 4.88. The van der Waals surface area contributed by atoms with Gasteiger partial charge in [-0.25, -0.2) is 4.52 Å². The third kappa shape index (κ3) is 2.98. The quantitative estimate of drug-likeness (QED) is 0.675. The molecule has 0 saturated carbocycles. The van der Waals surface area contributed by atoms with E-state index in [4.69, 9.17) is 0 Å². The molecule has 0 amide bonds. The summed E-state index contributed by atoms with van der Waals surface area (Å²) in [6.45, 7) is 4.01. The van der Waals surface area contributed by atoms with E-state index < -0.39 is 0 Å². The van der Waals surface area contributed by atoms with E-state index in [0.717, 1.165) is 54.2 Å². The highest BCUT2D eigenvalue weighted by molar-refractivity contribution is 5.82. The minimum absolute atomic E-state index is 0.324. The predicted octanol–water partition coefficient (Wildman–Crippen LogP) is 3.42. The number of rotatable bonds is 4. The zero-order valence-electron chi connectivity index (χ0n) is 14.8. The lowest BCUT2D eigenvalue weighted by atomic mass is 10.0. The number of benzene rings is 1. The van der Waals surface area contributed by atoms with Crippen molar-refractivity contribution in [3.63, 3.8) is 0 Å². The first kappa shape index (κ1) is 16.4. The maximum Gasteiger partial charge on any atom is 0.137 e. The number of nitrogens with zero attached hydrogens (tertiary/aromatic N) is 3. The van der Waals surface area contributed by atoms with Crippen molar-refractivity contribution in [1.29, 1.82) is 5.26 Å². The molecule has 3 N–H and O–H groups in total. The molecule has 3 aromatic rings. The Labute approximate surface area is 152 Å². The SMILES string of the molecule is Cc1c(N[C@@H]2CCCNC2)c(C#N)c2ccnn2c1Nc1ccccc1. The standard InChI is InChI=1S/C20H22N6/c1-14-19(24-16-8-5-10-22-13-16)17(12-21)18-9-11-23-26(18)20(14)25-15-6-3-2-4-7-15/h2-4,6-7,9,11,16,22,24-25H,5,8,10,13H2,1H3/t16-/m1/s1. The summed E-state index contributed by atoms with van der Waals surface area (Å²) in [5.41, 5.74) is 4.33. The third-order valence-corrected chi connectivity index (χ3v) is 4.88. The van der Waals surface area contributed by atoms with E-state index in [9.17, 15) is 5.26 Å². The van der Waals surface area contributed by atoms with Crippen LogP contribution in [0.1, 0.15) is 24.0 Å². The summed E-state index contributed by atoms with van der Waals surface area (Å²) in [6.07, 6.45) is 3.98. The molecule has 26 heavy (non-hydrogen) atoms. The van der Waals surface area contributed by atoms with Crippen molar-refractivity contribution in [2.45, 2.75) is 25.8 Å². The summed E-state index contributed by atoms with van der Waals surface area (Å²) in [5, 5.41) is 24.7. The zero-order chi connectivity index (χ0) is 17.9. The van der Waals surface area contributed by atoms with Crippen LogP contribution >= 0.6 is 0 Å². The molecule has 4 rings (SSSR count). The lowest BCUT2D eigenvalue weighted by molar-refractivity contribution is 0.479. The first-order valence-corrected chi connectivity index (χ1v) is 8.97. The summed E-state index contributed by atoms with van der Waals surface area (Å²) in [7, 11) is 0. The molecule has 0 radical (unpaired) electrons. The van der Waals surface area contributed by atoms with Crippen molar-refractivity contribution in [2.24, 2.45) is 0 Å². The minimum atomic E-state index is 0.324. The number of piperidine rings is 1. The number of fused-ring (bicyclic) bond motifs is 1. The van der Waals surface area contributed by atoms with Gasteiger partial charge >= 0.3 is 0 Å². The van der Waals surface area contributed by atoms with E-state index in [1.165, 1.54) is 0 Å². The van der Waals surface area contributed by atoms with Crippen molar-refractivity contribution in [3.05, 3.63) is 53.7 Å². The number of hydrogen-bond donors (Lipinski definition) is 3. The molecular formula is C20H22N6. The molecule has 1 atom stereocenters. The second kappa shape index (κ2) is 7.06. The number of nitrogens with one attached hydrogen (secondary N) is 3. The van der Waals surface area contributed by atoms with Crippen LogP contribution in [0.4, 0.5) is 17.2 Å². The number of aromatic nitrogens is 2. The van der Waals surface area contributed by atoms with Crippen LogP contribution in [0.2, 0.25) is 0 Å². The maximum atomic E-state index is 9.80. The van der Waals surface area contributed by atoms with Crippen LogP contribution < -0.4 is 16.0 Å². The van der Waals surface area contributed by atoms with Crippen molar-refractivity contribution in [1.82, 2.24) is 14.9 Å². The molecule has 1 aliphatic heterocycles. The Morgan fingerprint density at radius 3 is 2.85 bits per heavy atom. The van der Waals surface area contributed by atoms with Gasteiger partial charge in [0.25, 0.3) is 0 Å². The van der Waals surface area contributed by atoms with Crippen LogP contribution in [0, 0.1) is 18.3 Å². The van der Waals surface area contributed by atoms with Crippen LogP contribution in [0.15, 0.2) is 42.6 Å². The molecule has 0 aliphatic carbocycles. The van der Waals surface area contributed by atoms with Gasteiger partial charge in [-0.1, -0.05) is 18.2 Å². The first-order valence-electron chi connectivity index (χ1n) is 8.97. The number of pyridine rings is 1. The fourth-order valence-corrected chi connectivity index (χ4v) is 3.54. The molecule has 1 saturated heterocycles. The molecule has 3 heterocycles. The second-order valence-corrected chi connectivity index (χ2v) is 6.64. The molecule has 6 nitrogen and oxygen atoms in total. The van der Waals surface area contributed by atoms with Crippen molar-refractivity contribution in [3.8, 4) is 6.07 Å². The van der Waals surface area contributed by atoms with Gasteiger partial charge in [0.05, 0.1) is 17.4 Å².